The summed E-state index contributed by atoms with van der Waals surface area (Å²) in [6.07, 6.45) is 3.28. The molecule has 3 heteroatoms. The molecule has 0 saturated heterocycles. The molecule has 0 atom stereocenters. The second-order valence-electron chi connectivity index (χ2n) is 3.89. The Bertz CT molecular complexity index is 178. The zero-order valence-corrected chi connectivity index (χ0v) is 9.29. The predicted molar refractivity (Wildman–Crippen MR) is 56.1 cm³/mol. The molecular weight excluding hydrogens is 178 g/mol. The molecule has 82 valence electrons. The topological polar surface area (TPSA) is 29.5 Å². The summed E-state index contributed by atoms with van der Waals surface area (Å²) >= 11 is 0. The highest BCUT2D eigenvalue weighted by atomic mass is 16.5. The lowest BCUT2D eigenvalue weighted by Gasteiger charge is -2.19. The average molecular weight is 199 g/mol. The lowest BCUT2D eigenvalue weighted by Crippen LogP contribution is -2.28. The first-order valence-electron chi connectivity index (χ1n) is 5.64. The number of rotatable bonds is 7. The van der Waals surface area contributed by atoms with E-state index in [1.165, 1.54) is 12.8 Å². The zero-order chi connectivity index (χ0) is 10.4. The van der Waals surface area contributed by atoms with Crippen molar-refractivity contribution in [1.29, 1.82) is 0 Å². The lowest BCUT2D eigenvalue weighted by atomic mass is 10.3. The van der Waals surface area contributed by atoms with Crippen LogP contribution in [-0.2, 0) is 9.53 Å². The van der Waals surface area contributed by atoms with Gasteiger partial charge in [0.15, 0.2) is 0 Å². The molecule has 1 aliphatic rings. The Labute approximate surface area is 86.4 Å². The van der Waals surface area contributed by atoms with Crippen LogP contribution in [0.1, 0.15) is 33.1 Å². The normalized spacial score (nSPS) is 15.9. The highest BCUT2D eigenvalue weighted by molar-refractivity contribution is 5.69. The SMILES string of the molecule is CCOC(=O)CCN(CC)CC1CC1. The molecule has 0 unspecified atom stereocenters. The summed E-state index contributed by atoms with van der Waals surface area (Å²) in [5.41, 5.74) is 0. The Morgan fingerprint density at radius 3 is 2.64 bits per heavy atom. The number of nitrogens with zero attached hydrogens (tertiary/aromatic N) is 1. The molecule has 0 amide bonds. The molecule has 0 bridgehead atoms. The van der Waals surface area contributed by atoms with Crippen LogP contribution in [0.15, 0.2) is 0 Å². The van der Waals surface area contributed by atoms with Crippen LogP contribution >= 0.6 is 0 Å². The summed E-state index contributed by atoms with van der Waals surface area (Å²) < 4.78 is 4.89. The number of ether oxygens (including phenoxy) is 1. The first-order valence-corrected chi connectivity index (χ1v) is 5.64. The number of esters is 1. The van der Waals surface area contributed by atoms with E-state index in [1.807, 2.05) is 6.92 Å². The first-order chi connectivity index (χ1) is 6.76. The second-order valence-corrected chi connectivity index (χ2v) is 3.89. The van der Waals surface area contributed by atoms with Crippen molar-refractivity contribution in [3.05, 3.63) is 0 Å². The van der Waals surface area contributed by atoms with Gasteiger partial charge in [0.05, 0.1) is 13.0 Å². The summed E-state index contributed by atoms with van der Waals surface area (Å²) in [5, 5.41) is 0. The molecule has 0 N–H and O–H groups in total. The number of hydrogen-bond acceptors (Lipinski definition) is 3. The van der Waals surface area contributed by atoms with Gasteiger partial charge < -0.3 is 9.64 Å². The maximum absolute atomic E-state index is 11.1. The third-order valence-electron chi connectivity index (χ3n) is 2.60. The van der Waals surface area contributed by atoms with Gasteiger partial charge in [-0.25, -0.2) is 0 Å². The largest absolute Gasteiger partial charge is 0.466 e. The molecule has 0 aromatic rings. The summed E-state index contributed by atoms with van der Waals surface area (Å²) in [7, 11) is 0. The minimum absolute atomic E-state index is 0.0678. The molecule has 1 aliphatic carbocycles. The van der Waals surface area contributed by atoms with Gasteiger partial charge in [-0.1, -0.05) is 6.92 Å². The average Bonchev–Trinajstić information content (AvgIpc) is 2.96. The summed E-state index contributed by atoms with van der Waals surface area (Å²) in [6, 6.07) is 0. The molecule has 1 rings (SSSR count). The van der Waals surface area contributed by atoms with Crippen LogP contribution < -0.4 is 0 Å². The van der Waals surface area contributed by atoms with Crippen molar-refractivity contribution in [2.24, 2.45) is 5.92 Å². The molecular formula is C11H21NO2. The van der Waals surface area contributed by atoms with Crippen LogP contribution in [0.25, 0.3) is 0 Å². The number of carbonyl (C=O) groups is 1. The molecule has 3 nitrogen and oxygen atoms in total. The molecule has 0 aromatic carbocycles. The van der Waals surface area contributed by atoms with Crippen molar-refractivity contribution in [3.8, 4) is 0 Å². The molecule has 1 fully saturated rings. The Morgan fingerprint density at radius 2 is 2.14 bits per heavy atom. The predicted octanol–water partition coefficient (Wildman–Crippen LogP) is 1.67. The smallest absolute Gasteiger partial charge is 0.307 e. The van der Waals surface area contributed by atoms with Gasteiger partial charge >= 0.3 is 5.97 Å². The third-order valence-corrected chi connectivity index (χ3v) is 2.60. The quantitative estimate of drug-likeness (QED) is 0.584. The van der Waals surface area contributed by atoms with E-state index in [2.05, 4.69) is 11.8 Å². The van der Waals surface area contributed by atoms with E-state index < -0.39 is 0 Å². The van der Waals surface area contributed by atoms with Crippen molar-refractivity contribution in [3.63, 3.8) is 0 Å². The van der Waals surface area contributed by atoms with Gasteiger partial charge in [-0.3, -0.25) is 4.79 Å². The van der Waals surface area contributed by atoms with Gasteiger partial charge in [-0.2, -0.15) is 0 Å². The molecule has 0 spiro atoms. The van der Waals surface area contributed by atoms with Crippen molar-refractivity contribution in [2.45, 2.75) is 33.1 Å². The fourth-order valence-corrected chi connectivity index (χ4v) is 1.53. The summed E-state index contributed by atoms with van der Waals surface area (Å²) in [6.45, 7) is 7.54. The molecule has 0 heterocycles. The van der Waals surface area contributed by atoms with Gasteiger partial charge in [0.25, 0.3) is 0 Å². The molecule has 0 aromatic heterocycles. The second kappa shape index (κ2) is 6.02. The van der Waals surface area contributed by atoms with Crippen molar-refractivity contribution < 1.29 is 9.53 Å². The third kappa shape index (κ3) is 4.61. The van der Waals surface area contributed by atoms with Crippen molar-refractivity contribution in [2.75, 3.05) is 26.2 Å². The Kier molecular flexibility index (Phi) is 4.94. The van der Waals surface area contributed by atoms with Gasteiger partial charge in [-0.05, 0) is 32.2 Å². The first kappa shape index (κ1) is 11.5. The minimum atomic E-state index is -0.0678. The van der Waals surface area contributed by atoms with Crippen LogP contribution in [0.3, 0.4) is 0 Å². The Morgan fingerprint density at radius 1 is 1.43 bits per heavy atom. The van der Waals surface area contributed by atoms with E-state index >= 15 is 0 Å². The fraction of sp³-hybridized carbons (Fsp3) is 0.909. The van der Waals surface area contributed by atoms with E-state index in [-0.39, 0.29) is 5.97 Å². The van der Waals surface area contributed by atoms with Crippen LogP contribution in [0.5, 0.6) is 0 Å². The maximum Gasteiger partial charge on any atom is 0.307 e. The van der Waals surface area contributed by atoms with Crippen molar-refractivity contribution in [1.82, 2.24) is 4.90 Å². The Hall–Kier alpha value is -0.570. The van der Waals surface area contributed by atoms with Crippen LogP contribution in [0, 0.1) is 5.92 Å². The molecule has 0 aliphatic heterocycles. The number of carbonyl (C=O) groups excluding carboxylic acids is 1. The van der Waals surface area contributed by atoms with Crippen molar-refractivity contribution >= 4 is 5.97 Å². The van der Waals surface area contributed by atoms with E-state index in [4.69, 9.17) is 4.74 Å². The van der Waals surface area contributed by atoms with Crippen LogP contribution in [-0.4, -0.2) is 37.1 Å². The molecule has 14 heavy (non-hydrogen) atoms. The zero-order valence-electron chi connectivity index (χ0n) is 9.29. The van der Waals surface area contributed by atoms with Crippen LogP contribution in [0.4, 0.5) is 0 Å². The van der Waals surface area contributed by atoms with Gasteiger partial charge in [0.2, 0.25) is 0 Å². The van der Waals surface area contributed by atoms with Crippen LogP contribution in [0.2, 0.25) is 0 Å². The summed E-state index contributed by atoms with van der Waals surface area (Å²) in [5.74, 6) is 0.832. The monoisotopic (exact) mass is 199 g/mol. The Balaban J connectivity index is 2.09. The lowest BCUT2D eigenvalue weighted by molar-refractivity contribution is -0.143. The highest BCUT2D eigenvalue weighted by Crippen LogP contribution is 2.29. The fourth-order valence-electron chi connectivity index (χ4n) is 1.53. The number of hydrogen-bond donors (Lipinski definition) is 0. The minimum Gasteiger partial charge on any atom is -0.466 e. The van der Waals surface area contributed by atoms with Gasteiger partial charge in [0, 0.05) is 13.1 Å². The standard InChI is InChI=1S/C11H21NO2/c1-3-12(9-10-5-6-10)8-7-11(13)14-4-2/h10H,3-9H2,1-2H3. The van der Waals surface area contributed by atoms with E-state index in [0.717, 1.165) is 25.6 Å². The maximum atomic E-state index is 11.1. The van der Waals surface area contributed by atoms with E-state index in [0.29, 0.717) is 13.0 Å². The van der Waals surface area contributed by atoms with E-state index in [9.17, 15) is 4.79 Å². The summed E-state index contributed by atoms with van der Waals surface area (Å²) in [4.78, 5) is 13.5. The van der Waals surface area contributed by atoms with Gasteiger partial charge in [0.1, 0.15) is 0 Å². The molecule has 1 saturated carbocycles. The highest BCUT2D eigenvalue weighted by Gasteiger charge is 2.23. The van der Waals surface area contributed by atoms with Gasteiger partial charge in [-0.15, -0.1) is 0 Å². The molecule has 0 radical (unpaired) electrons. The van der Waals surface area contributed by atoms with E-state index in [1.54, 1.807) is 0 Å².